The van der Waals surface area contributed by atoms with Gasteiger partial charge in [-0.1, -0.05) is 42.5 Å². The molecule has 29 heavy (non-hydrogen) atoms. The Hall–Kier alpha value is -2.63. The topological polar surface area (TPSA) is 50.8 Å². The average Bonchev–Trinajstić information content (AvgIpc) is 2.78. The molecule has 1 aliphatic rings. The summed E-state index contributed by atoms with van der Waals surface area (Å²) >= 11 is 0. The molecule has 0 aliphatic carbocycles. The zero-order valence-electron chi connectivity index (χ0n) is 17.3. The van der Waals surface area contributed by atoms with Crippen LogP contribution in [0.25, 0.3) is 5.57 Å². The van der Waals surface area contributed by atoms with Gasteiger partial charge in [0.05, 0.1) is 20.3 Å². The molecule has 5 heteroatoms. The van der Waals surface area contributed by atoms with Crippen LogP contribution in [0, 0.1) is 0 Å². The lowest BCUT2D eigenvalue weighted by molar-refractivity contribution is -0.116. The predicted octanol–water partition coefficient (Wildman–Crippen LogP) is 3.16. The van der Waals surface area contributed by atoms with Crippen LogP contribution in [0.1, 0.15) is 18.1 Å². The van der Waals surface area contributed by atoms with Crippen LogP contribution in [-0.2, 0) is 16.0 Å². The van der Waals surface area contributed by atoms with E-state index < -0.39 is 0 Å². The Morgan fingerprint density at radius 3 is 2.48 bits per heavy atom. The Morgan fingerprint density at radius 1 is 1.14 bits per heavy atom. The molecule has 1 atom stereocenters. The summed E-state index contributed by atoms with van der Waals surface area (Å²) in [6, 6.07) is 18.4. The fourth-order valence-corrected chi connectivity index (χ4v) is 3.56. The van der Waals surface area contributed by atoms with Crippen molar-refractivity contribution in [3.8, 4) is 5.75 Å². The molecule has 1 heterocycles. The molecule has 2 aromatic carbocycles. The summed E-state index contributed by atoms with van der Waals surface area (Å²) in [5.74, 6) is 0.741. The fourth-order valence-electron chi connectivity index (χ4n) is 3.56. The fraction of sp³-hybridized carbons (Fsp3) is 0.375. The van der Waals surface area contributed by atoms with Gasteiger partial charge in [0.2, 0.25) is 5.91 Å². The first-order valence-corrected chi connectivity index (χ1v) is 10.1. The average molecular weight is 395 g/mol. The van der Waals surface area contributed by atoms with Crippen molar-refractivity contribution < 1.29 is 14.3 Å². The summed E-state index contributed by atoms with van der Waals surface area (Å²) in [7, 11) is 1.64. The number of rotatable bonds is 8. The normalized spacial score (nSPS) is 16.3. The third kappa shape index (κ3) is 6.44. The first-order valence-electron chi connectivity index (χ1n) is 10.1. The molecule has 0 spiro atoms. The predicted molar refractivity (Wildman–Crippen MR) is 116 cm³/mol. The molecule has 0 bridgehead atoms. The Kier molecular flexibility index (Phi) is 7.85. The minimum absolute atomic E-state index is 0.0651. The lowest BCUT2D eigenvalue weighted by Gasteiger charge is -2.34. The van der Waals surface area contributed by atoms with E-state index in [2.05, 4.69) is 34.5 Å². The summed E-state index contributed by atoms with van der Waals surface area (Å²) in [4.78, 5) is 14.9. The molecule has 1 amide bonds. The largest absolute Gasteiger partial charge is 0.497 e. The van der Waals surface area contributed by atoms with E-state index in [0.29, 0.717) is 6.54 Å². The smallest absolute Gasteiger partial charge is 0.244 e. The van der Waals surface area contributed by atoms with E-state index in [0.717, 1.165) is 49.6 Å². The molecule has 0 saturated carbocycles. The van der Waals surface area contributed by atoms with Gasteiger partial charge in [-0.2, -0.15) is 0 Å². The molecule has 1 aliphatic heterocycles. The summed E-state index contributed by atoms with van der Waals surface area (Å²) in [6.07, 6.45) is 2.57. The third-order valence-electron chi connectivity index (χ3n) is 5.28. The standard InChI is InChI=1S/C24H30N2O3/c1-19(21-8-10-23(28-2)11-9-21)16-24(27)25-18-22(26-12-14-29-15-13-26)17-20-6-4-3-5-7-20/h3-11,16,22H,12-15,17-18H2,1-2H3,(H,25,27)/b19-16+. The monoisotopic (exact) mass is 394 g/mol. The maximum Gasteiger partial charge on any atom is 0.244 e. The first kappa shape index (κ1) is 21.1. The number of benzene rings is 2. The molecule has 2 aromatic rings. The number of ether oxygens (including phenoxy) is 2. The van der Waals surface area contributed by atoms with E-state index in [1.54, 1.807) is 13.2 Å². The number of hydrogen-bond acceptors (Lipinski definition) is 4. The quantitative estimate of drug-likeness (QED) is 0.699. The lowest BCUT2D eigenvalue weighted by Crippen LogP contribution is -2.49. The highest BCUT2D eigenvalue weighted by atomic mass is 16.5. The van der Waals surface area contributed by atoms with Crippen molar-refractivity contribution in [2.45, 2.75) is 19.4 Å². The van der Waals surface area contributed by atoms with Gasteiger partial charge in [-0.15, -0.1) is 0 Å². The van der Waals surface area contributed by atoms with E-state index in [4.69, 9.17) is 9.47 Å². The van der Waals surface area contributed by atoms with Crippen molar-refractivity contribution in [2.24, 2.45) is 0 Å². The first-order chi connectivity index (χ1) is 14.2. The van der Waals surface area contributed by atoms with Gasteiger partial charge < -0.3 is 14.8 Å². The lowest BCUT2D eigenvalue weighted by atomic mass is 10.0. The second kappa shape index (κ2) is 10.8. The van der Waals surface area contributed by atoms with Crippen LogP contribution in [0.2, 0.25) is 0 Å². The molecular formula is C24H30N2O3. The van der Waals surface area contributed by atoms with Gasteiger partial charge in [-0.25, -0.2) is 0 Å². The van der Waals surface area contributed by atoms with Crippen LogP contribution >= 0.6 is 0 Å². The molecular weight excluding hydrogens is 364 g/mol. The number of carbonyl (C=O) groups is 1. The number of allylic oxidation sites excluding steroid dienone is 1. The number of morpholine rings is 1. The van der Waals surface area contributed by atoms with Gasteiger partial charge in [0.15, 0.2) is 0 Å². The number of carbonyl (C=O) groups excluding carboxylic acids is 1. The number of nitrogens with one attached hydrogen (secondary N) is 1. The van der Waals surface area contributed by atoms with Gasteiger partial charge in [-0.3, -0.25) is 9.69 Å². The van der Waals surface area contributed by atoms with Crippen molar-refractivity contribution in [3.05, 3.63) is 71.8 Å². The highest BCUT2D eigenvalue weighted by molar-refractivity contribution is 5.94. The van der Waals surface area contributed by atoms with Crippen LogP contribution < -0.4 is 10.1 Å². The van der Waals surface area contributed by atoms with Crippen molar-refractivity contribution in [1.29, 1.82) is 0 Å². The maximum atomic E-state index is 12.5. The number of hydrogen-bond donors (Lipinski definition) is 1. The Bertz CT molecular complexity index is 797. The zero-order chi connectivity index (χ0) is 20.5. The minimum Gasteiger partial charge on any atom is -0.497 e. The van der Waals surface area contributed by atoms with Crippen LogP contribution in [0.15, 0.2) is 60.7 Å². The van der Waals surface area contributed by atoms with E-state index >= 15 is 0 Å². The Morgan fingerprint density at radius 2 is 1.83 bits per heavy atom. The summed E-state index contributed by atoms with van der Waals surface area (Å²) in [5.41, 5.74) is 3.22. The van der Waals surface area contributed by atoms with E-state index in [9.17, 15) is 4.79 Å². The summed E-state index contributed by atoms with van der Waals surface area (Å²) in [5, 5.41) is 3.10. The summed E-state index contributed by atoms with van der Waals surface area (Å²) in [6.45, 7) is 5.85. The SMILES string of the molecule is COc1ccc(/C(C)=C/C(=O)NCC(Cc2ccccc2)N2CCOCC2)cc1. The molecule has 0 radical (unpaired) electrons. The second-order valence-corrected chi connectivity index (χ2v) is 7.29. The van der Waals surface area contributed by atoms with Crippen LogP contribution in [0.5, 0.6) is 5.75 Å². The van der Waals surface area contributed by atoms with E-state index in [-0.39, 0.29) is 11.9 Å². The van der Waals surface area contributed by atoms with Crippen LogP contribution in [0.3, 0.4) is 0 Å². The Balaban J connectivity index is 1.61. The molecule has 5 nitrogen and oxygen atoms in total. The number of nitrogens with zero attached hydrogens (tertiary/aromatic N) is 1. The molecule has 3 rings (SSSR count). The molecule has 1 fully saturated rings. The van der Waals surface area contributed by atoms with Gasteiger partial charge in [-0.05, 0) is 42.2 Å². The molecule has 0 aromatic heterocycles. The van der Waals surface area contributed by atoms with Crippen molar-refractivity contribution in [1.82, 2.24) is 10.2 Å². The zero-order valence-corrected chi connectivity index (χ0v) is 17.3. The molecule has 1 N–H and O–H groups in total. The third-order valence-corrected chi connectivity index (χ3v) is 5.28. The highest BCUT2D eigenvalue weighted by Crippen LogP contribution is 2.18. The molecule has 1 unspecified atom stereocenters. The van der Waals surface area contributed by atoms with Gasteiger partial charge >= 0.3 is 0 Å². The summed E-state index contributed by atoms with van der Waals surface area (Å²) < 4.78 is 10.7. The van der Waals surface area contributed by atoms with Gasteiger partial charge in [0.25, 0.3) is 0 Å². The van der Waals surface area contributed by atoms with E-state index in [1.165, 1.54) is 5.56 Å². The second-order valence-electron chi connectivity index (χ2n) is 7.29. The highest BCUT2D eigenvalue weighted by Gasteiger charge is 2.21. The van der Waals surface area contributed by atoms with Crippen molar-refractivity contribution >= 4 is 11.5 Å². The van der Waals surface area contributed by atoms with Crippen LogP contribution in [0.4, 0.5) is 0 Å². The number of methoxy groups -OCH3 is 1. The number of amides is 1. The van der Waals surface area contributed by atoms with Crippen LogP contribution in [-0.4, -0.2) is 56.8 Å². The minimum atomic E-state index is -0.0651. The maximum absolute atomic E-state index is 12.5. The van der Waals surface area contributed by atoms with Gasteiger partial charge in [0, 0.05) is 31.8 Å². The van der Waals surface area contributed by atoms with Crippen molar-refractivity contribution in [2.75, 3.05) is 40.0 Å². The Labute approximate surface area is 173 Å². The van der Waals surface area contributed by atoms with Crippen molar-refractivity contribution in [3.63, 3.8) is 0 Å². The molecule has 154 valence electrons. The van der Waals surface area contributed by atoms with Gasteiger partial charge in [0.1, 0.15) is 5.75 Å². The molecule has 1 saturated heterocycles. The van der Waals surface area contributed by atoms with E-state index in [1.807, 2.05) is 37.3 Å².